The molecule has 4 heterocycles. The summed E-state index contributed by atoms with van der Waals surface area (Å²) < 4.78 is 51.0. The molecule has 2 N–H and O–H groups in total. The zero-order chi connectivity index (χ0) is 24.0. The minimum absolute atomic E-state index is 0.0856. The second kappa shape index (κ2) is 7.24. The SMILES string of the molecule is Cc1cc2n(c1C(N)=O)CC(c1ccc(F)c(C3(CN4CC5(COC5)C4)CC(F)(F)C3)c1Cl)C2. The Morgan fingerprint density at radius 3 is 2.56 bits per heavy atom. The molecule has 1 unspecified atom stereocenters. The monoisotopic (exact) mass is 493 g/mol. The number of hydrogen-bond acceptors (Lipinski definition) is 3. The fourth-order valence-corrected chi connectivity index (χ4v) is 7.40. The first-order valence-corrected chi connectivity index (χ1v) is 12.0. The van der Waals surface area contributed by atoms with Crippen LogP contribution in [0.15, 0.2) is 18.2 Å². The van der Waals surface area contributed by atoms with Gasteiger partial charge in [0.2, 0.25) is 5.92 Å². The molecule has 1 atom stereocenters. The molecule has 1 aromatic carbocycles. The summed E-state index contributed by atoms with van der Waals surface area (Å²) in [4.78, 5) is 14.1. The van der Waals surface area contributed by atoms with Gasteiger partial charge in [-0.15, -0.1) is 0 Å². The standard InChI is InChI=1S/C25H27ClF3N3O2/c1-14-4-16-5-15(6-32(16)21(14)22(30)33)17-2-3-18(27)19(20(17)26)24(7-25(28,29)8-24)11-31-9-23(10-31)12-34-13-23/h2-4,15H,5-13H2,1H3,(H2,30,33). The lowest BCUT2D eigenvalue weighted by atomic mass is 9.60. The zero-order valence-electron chi connectivity index (χ0n) is 19.0. The van der Waals surface area contributed by atoms with Crippen LogP contribution in [0, 0.1) is 18.2 Å². The first kappa shape index (κ1) is 22.4. The van der Waals surface area contributed by atoms with E-state index in [0.717, 1.165) is 29.9 Å². The Morgan fingerprint density at radius 1 is 1.26 bits per heavy atom. The van der Waals surface area contributed by atoms with Gasteiger partial charge in [-0.25, -0.2) is 13.2 Å². The highest BCUT2D eigenvalue weighted by Gasteiger charge is 2.61. The van der Waals surface area contributed by atoms with Gasteiger partial charge in [-0.05, 0) is 36.6 Å². The molecule has 2 saturated heterocycles. The number of ether oxygens (including phenoxy) is 1. The van der Waals surface area contributed by atoms with Crippen molar-refractivity contribution < 1.29 is 22.7 Å². The molecule has 2 aromatic rings. The number of fused-ring (bicyclic) bond motifs is 1. The molecule has 1 spiro atoms. The Balaban J connectivity index is 1.32. The number of carbonyl (C=O) groups excluding carboxylic acids is 1. The van der Waals surface area contributed by atoms with E-state index in [4.69, 9.17) is 22.1 Å². The van der Waals surface area contributed by atoms with Crippen LogP contribution >= 0.6 is 11.6 Å². The highest BCUT2D eigenvalue weighted by Crippen LogP contribution is 2.57. The second-order valence-corrected chi connectivity index (χ2v) is 11.4. The molecule has 3 fully saturated rings. The van der Waals surface area contributed by atoms with Gasteiger partial charge in [-0.2, -0.15) is 0 Å². The van der Waals surface area contributed by atoms with Gasteiger partial charge >= 0.3 is 0 Å². The van der Waals surface area contributed by atoms with Crippen molar-refractivity contribution >= 4 is 17.5 Å². The van der Waals surface area contributed by atoms with Crippen molar-refractivity contribution in [2.24, 2.45) is 11.1 Å². The summed E-state index contributed by atoms with van der Waals surface area (Å²) in [6, 6.07) is 4.96. The molecule has 5 nitrogen and oxygen atoms in total. The van der Waals surface area contributed by atoms with Gasteiger partial charge < -0.3 is 19.9 Å². The third-order valence-corrected chi connectivity index (χ3v) is 8.62. The third-order valence-electron chi connectivity index (χ3n) is 8.21. The average Bonchev–Trinajstić information content (AvgIpc) is 3.17. The summed E-state index contributed by atoms with van der Waals surface area (Å²) in [5.41, 5.74) is 7.92. The van der Waals surface area contributed by atoms with Crippen LogP contribution in [0.1, 0.15) is 51.6 Å². The number of halogens is 4. The molecular weight excluding hydrogens is 467 g/mol. The molecule has 0 radical (unpaired) electrons. The summed E-state index contributed by atoms with van der Waals surface area (Å²) in [6.07, 6.45) is -0.192. The van der Waals surface area contributed by atoms with Crippen molar-refractivity contribution in [2.75, 3.05) is 32.8 Å². The van der Waals surface area contributed by atoms with Crippen LogP contribution in [0.5, 0.6) is 0 Å². The molecule has 4 aliphatic rings. The number of primary amides is 1. The number of nitrogens with zero attached hydrogens (tertiary/aromatic N) is 2. The number of amides is 1. The highest BCUT2D eigenvalue weighted by atomic mass is 35.5. The van der Waals surface area contributed by atoms with Crippen molar-refractivity contribution in [3.63, 3.8) is 0 Å². The van der Waals surface area contributed by atoms with Crippen LogP contribution in [-0.2, 0) is 23.1 Å². The molecule has 1 amide bonds. The highest BCUT2D eigenvalue weighted by molar-refractivity contribution is 6.32. The summed E-state index contributed by atoms with van der Waals surface area (Å²) in [5, 5.41) is 0.241. The van der Waals surface area contributed by atoms with Gasteiger partial charge in [0.05, 0.1) is 18.2 Å². The number of rotatable bonds is 5. The predicted molar refractivity (Wildman–Crippen MR) is 121 cm³/mol. The van der Waals surface area contributed by atoms with E-state index in [1.165, 1.54) is 6.07 Å². The molecule has 1 saturated carbocycles. The van der Waals surface area contributed by atoms with Gasteiger partial charge in [0.25, 0.3) is 5.91 Å². The maximum absolute atomic E-state index is 15.3. The molecule has 0 bridgehead atoms. The molecule has 1 aliphatic carbocycles. The fourth-order valence-electron chi connectivity index (χ4n) is 6.89. The minimum atomic E-state index is -2.83. The maximum Gasteiger partial charge on any atom is 0.265 e. The summed E-state index contributed by atoms with van der Waals surface area (Å²) >= 11 is 6.84. The second-order valence-electron chi connectivity index (χ2n) is 11.0. The van der Waals surface area contributed by atoms with Crippen molar-refractivity contribution in [3.8, 4) is 0 Å². The van der Waals surface area contributed by atoms with Crippen LogP contribution in [-0.4, -0.2) is 54.1 Å². The number of alkyl halides is 2. The van der Waals surface area contributed by atoms with Crippen molar-refractivity contribution in [1.82, 2.24) is 9.47 Å². The average molecular weight is 494 g/mol. The largest absolute Gasteiger partial charge is 0.380 e. The van der Waals surface area contributed by atoms with Gasteiger partial charge in [-0.3, -0.25) is 4.79 Å². The van der Waals surface area contributed by atoms with Gasteiger partial charge in [0, 0.05) is 67.0 Å². The smallest absolute Gasteiger partial charge is 0.265 e. The first-order chi connectivity index (χ1) is 16.0. The molecule has 9 heteroatoms. The van der Waals surface area contributed by atoms with E-state index >= 15 is 4.39 Å². The van der Waals surface area contributed by atoms with Crippen LogP contribution < -0.4 is 5.73 Å². The number of benzene rings is 1. The van der Waals surface area contributed by atoms with E-state index in [9.17, 15) is 13.6 Å². The molecule has 182 valence electrons. The summed E-state index contributed by atoms with van der Waals surface area (Å²) in [5.74, 6) is -3.93. The number of aryl methyl sites for hydroxylation is 1. The van der Waals surface area contributed by atoms with Crippen molar-refractivity contribution in [1.29, 1.82) is 0 Å². The van der Waals surface area contributed by atoms with Crippen molar-refractivity contribution in [2.45, 2.75) is 50.0 Å². The Bertz CT molecular complexity index is 1190. The number of carbonyl (C=O) groups is 1. The van der Waals surface area contributed by atoms with E-state index in [0.29, 0.717) is 38.4 Å². The normalized spacial score (nSPS) is 26.0. The molecule has 6 rings (SSSR count). The van der Waals surface area contributed by atoms with Crippen molar-refractivity contribution in [3.05, 3.63) is 57.1 Å². The van der Waals surface area contributed by atoms with E-state index in [2.05, 4.69) is 4.90 Å². The number of aromatic nitrogens is 1. The topological polar surface area (TPSA) is 60.5 Å². The quantitative estimate of drug-likeness (QED) is 0.684. The third kappa shape index (κ3) is 3.25. The van der Waals surface area contributed by atoms with Crippen LogP contribution in [0.3, 0.4) is 0 Å². The fraction of sp³-hybridized carbons (Fsp3) is 0.560. The minimum Gasteiger partial charge on any atom is -0.380 e. The lowest BCUT2D eigenvalue weighted by molar-refractivity contribution is -0.205. The Morgan fingerprint density at radius 2 is 1.97 bits per heavy atom. The lowest BCUT2D eigenvalue weighted by Gasteiger charge is -2.59. The van der Waals surface area contributed by atoms with E-state index in [1.54, 1.807) is 6.07 Å². The molecule has 3 aliphatic heterocycles. The maximum atomic E-state index is 15.3. The number of hydrogen-bond donors (Lipinski definition) is 1. The molecule has 1 aromatic heterocycles. The Kier molecular flexibility index (Phi) is 4.78. The van der Waals surface area contributed by atoms with E-state index < -0.39 is 35.9 Å². The van der Waals surface area contributed by atoms with Gasteiger partial charge in [0.15, 0.2) is 0 Å². The summed E-state index contributed by atoms with van der Waals surface area (Å²) in [7, 11) is 0. The van der Waals surface area contributed by atoms with E-state index in [-0.39, 0.29) is 21.9 Å². The summed E-state index contributed by atoms with van der Waals surface area (Å²) in [6.45, 7) is 5.67. The Hall–Kier alpha value is -2.03. The predicted octanol–water partition coefficient (Wildman–Crippen LogP) is 4.03. The number of likely N-dealkylation sites (tertiary alicyclic amines) is 1. The van der Waals surface area contributed by atoms with Crippen LogP contribution in [0.4, 0.5) is 13.2 Å². The van der Waals surface area contributed by atoms with Crippen LogP contribution in [0.2, 0.25) is 5.02 Å². The molecule has 34 heavy (non-hydrogen) atoms. The molecular formula is C25H27ClF3N3O2. The van der Waals surface area contributed by atoms with Crippen LogP contribution in [0.25, 0.3) is 0 Å². The zero-order valence-corrected chi connectivity index (χ0v) is 19.7. The van der Waals surface area contributed by atoms with Gasteiger partial charge in [-0.1, -0.05) is 17.7 Å². The van der Waals surface area contributed by atoms with Gasteiger partial charge in [0.1, 0.15) is 11.5 Å². The Labute approximate surface area is 201 Å². The first-order valence-electron chi connectivity index (χ1n) is 11.7. The lowest BCUT2D eigenvalue weighted by Crippen LogP contribution is -2.69. The van der Waals surface area contributed by atoms with E-state index in [1.807, 2.05) is 17.6 Å². The number of nitrogens with two attached hydrogens (primary N) is 1.